The van der Waals surface area contributed by atoms with Crippen molar-refractivity contribution in [3.8, 4) is 11.5 Å². The number of thiocarbonyl (C=S) groups is 1. The van der Waals surface area contributed by atoms with Crippen molar-refractivity contribution in [1.29, 1.82) is 0 Å². The topological polar surface area (TPSA) is 67.9 Å². The highest BCUT2D eigenvalue weighted by Crippen LogP contribution is 2.35. The van der Waals surface area contributed by atoms with Crippen molar-refractivity contribution in [2.75, 3.05) is 12.0 Å². The summed E-state index contributed by atoms with van der Waals surface area (Å²) in [6, 6.07) is 18.4. The van der Waals surface area contributed by atoms with E-state index in [4.69, 9.17) is 33.3 Å². The highest BCUT2D eigenvalue weighted by atomic mass is 127. The fourth-order valence-electron chi connectivity index (χ4n) is 3.64. The molecule has 0 aliphatic carbocycles. The van der Waals surface area contributed by atoms with E-state index >= 15 is 0 Å². The van der Waals surface area contributed by atoms with Crippen molar-refractivity contribution in [1.82, 2.24) is 5.32 Å². The van der Waals surface area contributed by atoms with Crippen LogP contribution in [0.5, 0.6) is 11.5 Å². The van der Waals surface area contributed by atoms with Gasteiger partial charge in [-0.3, -0.25) is 19.8 Å². The van der Waals surface area contributed by atoms with Gasteiger partial charge in [0.15, 0.2) is 16.6 Å². The third-order valence-corrected chi connectivity index (χ3v) is 6.90. The van der Waals surface area contributed by atoms with Gasteiger partial charge < -0.3 is 9.47 Å². The first-order valence-corrected chi connectivity index (χ1v) is 12.9. The monoisotopic (exact) mass is 632 g/mol. The van der Waals surface area contributed by atoms with Crippen molar-refractivity contribution in [2.45, 2.75) is 20.0 Å². The summed E-state index contributed by atoms with van der Waals surface area (Å²) in [5.41, 5.74) is 3.26. The van der Waals surface area contributed by atoms with Crippen molar-refractivity contribution in [3.05, 3.63) is 91.5 Å². The number of methoxy groups -OCH3 is 1. The number of benzene rings is 3. The second-order valence-electron chi connectivity index (χ2n) is 7.93. The summed E-state index contributed by atoms with van der Waals surface area (Å²) in [5, 5.41) is 3.32. The quantitative estimate of drug-likeness (QED) is 0.152. The average molecular weight is 633 g/mol. The number of carbonyl (C=O) groups is 2. The zero-order chi connectivity index (χ0) is 25.8. The van der Waals surface area contributed by atoms with Gasteiger partial charge in [0.25, 0.3) is 11.8 Å². The third-order valence-electron chi connectivity index (χ3n) is 5.56. The fourth-order valence-corrected chi connectivity index (χ4v) is 4.83. The van der Waals surface area contributed by atoms with Gasteiger partial charge in [0.05, 0.1) is 16.4 Å². The van der Waals surface area contributed by atoms with Crippen LogP contribution in [0.1, 0.15) is 23.6 Å². The third kappa shape index (κ3) is 5.71. The van der Waals surface area contributed by atoms with Crippen molar-refractivity contribution < 1.29 is 19.1 Å². The van der Waals surface area contributed by atoms with E-state index in [9.17, 15) is 9.59 Å². The summed E-state index contributed by atoms with van der Waals surface area (Å²) in [6.45, 7) is 2.38. The standard InChI is InChI=1S/C27H22ClIN2O4S/c1-3-16-6-10-20(11-7-16)31-26(33)21(25(32)30-27(31)36)12-18-13-22(29)24(23(14-18)34-2)35-15-17-4-8-19(28)9-5-17/h4-14H,3,15H2,1-2H3,(H,30,32,36)/b21-12-. The van der Waals surface area contributed by atoms with Crippen LogP contribution in [0.25, 0.3) is 6.08 Å². The molecule has 1 N–H and O–H groups in total. The molecule has 0 aromatic heterocycles. The number of aryl methyl sites for hydroxylation is 1. The number of anilines is 1. The maximum Gasteiger partial charge on any atom is 0.270 e. The van der Waals surface area contributed by atoms with E-state index in [1.54, 1.807) is 18.2 Å². The fraction of sp³-hybridized carbons (Fsp3) is 0.148. The maximum atomic E-state index is 13.3. The Hall–Kier alpha value is -2.95. The molecule has 3 aromatic rings. The predicted octanol–water partition coefficient (Wildman–Crippen LogP) is 5.93. The number of carbonyl (C=O) groups excluding carboxylic acids is 2. The van der Waals surface area contributed by atoms with Gasteiger partial charge in [-0.1, -0.05) is 42.8 Å². The minimum absolute atomic E-state index is 0.0316. The molecular formula is C27H22ClIN2O4S. The highest BCUT2D eigenvalue weighted by Gasteiger charge is 2.34. The summed E-state index contributed by atoms with van der Waals surface area (Å²) in [6.07, 6.45) is 2.40. The molecule has 0 saturated carbocycles. The van der Waals surface area contributed by atoms with Crippen molar-refractivity contribution >= 4 is 75.1 Å². The Kier molecular flexibility index (Phi) is 8.28. The molecule has 36 heavy (non-hydrogen) atoms. The largest absolute Gasteiger partial charge is 0.493 e. The molecule has 0 bridgehead atoms. The van der Waals surface area contributed by atoms with Gasteiger partial charge in [-0.05, 0) is 100 Å². The number of halogens is 2. The lowest BCUT2D eigenvalue weighted by molar-refractivity contribution is -0.122. The van der Waals surface area contributed by atoms with E-state index in [2.05, 4.69) is 34.8 Å². The number of rotatable bonds is 7. The summed E-state index contributed by atoms with van der Waals surface area (Å²) >= 11 is 13.4. The summed E-state index contributed by atoms with van der Waals surface area (Å²) in [4.78, 5) is 27.4. The van der Waals surface area contributed by atoms with Crippen LogP contribution in [0.4, 0.5) is 5.69 Å². The first-order valence-electron chi connectivity index (χ1n) is 11.1. The van der Waals surface area contributed by atoms with Crippen LogP contribution >= 0.6 is 46.4 Å². The Morgan fingerprint density at radius 2 is 1.72 bits per heavy atom. The number of hydrogen-bond acceptors (Lipinski definition) is 5. The molecule has 9 heteroatoms. The SMILES string of the molecule is CCc1ccc(N2C(=O)/C(=C\c3cc(I)c(OCc4ccc(Cl)cc4)c(OC)c3)C(=O)NC2=S)cc1. The van der Waals surface area contributed by atoms with E-state index in [0.717, 1.165) is 21.1 Å². The zero-order valence-electron chi connectivity index (χ0n) is 19.5. The van der Waals surface area contributed by atoms with Crippen molar-refractivity contribution in [2.24, 2.45) is 0 Å². The van der Waals surface area contributed by atoms with E-state index in [1.807, 2.05) is 42.5 Å². The molecule has 184 valence electrons. The van der Waals surface area contributed by atoms with Crippen LogP contribution in [0, 0.1) is 3.57 Å². The Labute approximate surface area is 233 Å². The number of ether oxygens (including phenoxy) is 2. The van der Waals surface area contributed by atoms with E-state index in [-0.39, 0.29) is 10.7 Å². The van der Waals surface area contributed by atoms with Gasteiger partial charge >= 0.3 is 0 Å². The van der Waals surface area contributed by atoms with Gasteiger partial charge in [0.2, 0.25) is 0 Å². The van der Waals surface area contributed by atoms with Gasteiger partial charge in [0.1, 0.15) is 12.2 Å². The minimum atomic E-state index is -0.552. The zero-order valence-corrected chi connectivity index (χ0v) is 23.2. The van der Waals surface area contributed by atoms with Crippen LogP contribution in [-0.4, -0.2) is 24.0 Å². The normalized spacial score (nSPS) is 14.7. The molecule has 0 spiro atoms. The van der Waals surface area contributed by atoms with Crippen LogP contribution in [0.3, 0.4) is 0 Å². The lowest BCUT2D eigenvalue weighted by Crippen LogP contribution is -2.54. The minimum Gasteiger partial charge on any atom is -0.493 e. The molecule has 1 fully saturated rings. The number of nitrogens with one attached hydrogen (secondary N) is 1. The number of amides is 2. The van der Waals surface area contributed by atoms with Gasteiger partial charge in [-0.2, -0.15) is 0 Å². The smallest absolute Gasteiger partial charge is 0.270 e. The first kappa shape index (κ1) is 26.1. The molecule has 1 aliphatic heterocycles. The molecule has 0 atom stereocenters. The second-order valence-corrected chi connectivity index (χ2v) is 9.91. The van der Waals surface area contributed by atoms with E-state index in [0.29, 0.717) is 34.4 Å². The Bertz CT molecular complexity index is 1360. The van der Waals surface area contributed by atoms with Crippen LogP contribution in [0.15, 0.2) is 66.2 Å². The average Bonchev–Trinajstić information content (AvgIpc) is 2.87. The number of hydrogen-bond donors (Lipinski definition) is 1. The number of nitrogens with zero attached hydrogens (tertiary/aromatic N) is 1. The maximum absolute atomic E-state index is 13.3. The van der Waals surface area contributed by atoms with Gasteiger partial charge in [0, 0.05) is 5.02 Å². The Morgan fingerprint density at radius 3 is 2.36 bits per heavy atom. The van der Waals surface area contributed by atoms with E-state index < -0.39 is 11.8 Å². The molecular weight excluding hydrogens is 611 g/mol. The lowest BCUT2D eigenvalue weighted by atomic mass is 10.1. The summed E-state index contributed by atoms with van der Waals surface area (Å²) in [5.74, 6) is -0.00383. The molecule has 0 unspecified atom stereocenters. The van der Waals surface area contributed by atoms with E-state index in [1.165, 1.54) is 18.1 Å². The van der Waals surface area contributed by atoms with Gasteiger partial charge in [-0.25, -0.2) is 0 Å². The molecule has 2 amide bonds. The summed E-state index contributed by atoms with van der Waals surface area (Å²) in [7, 11) is 1.54. The molecule has 1 heterocycles. The Balaban J connectivity index is 1.62. The Morgan fingerprint density at radius 1 is 1.06 bits per heavy atom. The summed E-state index contributed by atoms with van der Waals surface area (Å²) < 4.78 is 12.3. The predicted molar refractivity (Wildman–Crippen MR) is 154 cm³/mol. The van der Waals surface area contributed by atoms with Crippen LogP contribution < -0.4 is 19.7 Å². The molecule has 6 nitrogen and oxygen atoms in total. The van der Waals surface area contributed by atoms with Crippen LogP contribution in [0.2, 0.25) is 5.02 Å². The highest BCUT2D eigenvalue weighted by molar-refractivity contribution is 14.1. The molecule has 1 aliphatic rings. The van der Waals surface area contributed by atoms with Gasteiger partial charge in [-0.15, -0.1) is 0 Å². The molecule has 1 saturated heterocycles. The van der Waals surface area contributed by atoms with Crippen molar-refractivity contribution in [3.63, 3.8) is 0 Å². The molecule has 3 aromatic carbocycles. The molecule has 0 radical (unpaired) electrons. The second kappa shape index (κ2) is 11.4. The lowest BCUT2D eigenvalue weighted by Gasteiger charge is -2.29. The molecule has 4 rings (SSSR count). The first-order chi connectivity index (χ1) is 17.3. The van der Waals surface area contributed by atoms with Crippen LogP contribution in [-0.2, 0) is 22.6 Å².